The first kappa shape index (κ1) is 13.2. The van der Waals surface area contributed by atoms with E-state index < -0.39 is 0 Å². The van der Waals surface area contributed by atoms with E-state index in [9.17, 15) is 0 Å². The topological polar surface area (TPSA) is 67.2 Å². The highest BCUT2D eigenvalue weighted by atomic mass is 16.6. The van der Waals surface area contributed by atoms with Gasteiger partial charge in [-0.05, 0) is 12.0 Å². The molecule has 0 spiro atoms. The number of ether oxygens (including phenoxy) is 2. The van der Waals surface area contributed by atoms with Gasteiger partial charge in [0.2, 0.25) is 0 Å². The van der Waals surface area contributed by atoms with E-state index in [1.54, 1.807) is 0 Å². The fourth-order valence-electron chi connectivity index (χ4n) is 0.917. The summed E-state index contributed by atoms with van der Waals surface area (Å²) in [6.07, 6.45) is 3.38. The molecule has 82 valence electrons. The van der Waals surface area contributed by atoms with Gasteiger partial charge in [-0.25, -0.2) is 0 Å². The minimum Gasteiger partial charge on any atom is -0.377 e. The van der Waals surface area contributed by atoms with Gasteiger partial charge in [0.1, 0.15) is 0 Å². The van der Waals surface area contributed by atoms with E-state index in [1.165, 1.54) is 12.8 Å². The molecular formula is C9H19N3O2. The Morgan fingerprint density at radius 2 is 1.71 bits per heavy atom. The van der Waals surface area contributed by atoms with Crippen LogP contribution in [0.15, 0.2) is 5.11 Å². The molecule has 0 bridgehead atoms. The van der Waals surface area contributed by atoms with Crippen molar-refractivity contribution in [2.75, 3.05) is 33.0 Å². The lowest BCUT2D eigenvalue weighted by molar-refractivity contribution is -0.0334. The highest BCUT2D eigenvalue weighted by Crippen LogP contribution is 1.92. The maximum atomic E-state index is 7.82. The largest absolute Gasteiger partial charge is 0.377 e. The standard InChI is InChI=1S/C5H11N3.C4H8O2/c1-2-3-4-5-7-8-6;1-2-6-4-3-5-1/h2-5H2,1H3;1-4H2. The second kappa shape index (κ2) is 12.2. The zero-order valence-electron chi connectivity index (χ0n) is 8.81. The van der Waals surface area contributed by atoms with E-state index in [2.05, 4.69) is 16.9 Å². The van der Waals surface area contributed by atoms with Crippen LogP contribution >= 0.6 is 0 Å². The molecule has 0 atom stereocenters. The van der Waals surface area contributed by atoms with Crippen molar-refractivity contribution in [2.45, 2.75) is 26.2 Å². The van der Waals surface area contributed by atoms with Crippen molar-refractivity contribution in [3.05, 3.63) is 10.4 Å². The van der Waals surface area contributed by atoms with Gasteiger partial charge in [-0.15, -0.1) is 0 Å². The molecule has 0 aromatic carbocycles. The molecule has 1 rings (SSSR count). The first-order valence-electron chi connectivity index (χ1n) is 5.08. The molecule has 5 heteroatoms. The number of rotatable bonds is 4. The molecule has 0 aromatic heterocycles. The predicted octanol–water partition coefficient (Wildman–Crippen LogP) is 2.52. The summed E-state index contributed by atoms with van der Waals surface area (Å²) >= 11 is 0. The predicted molar refractivity (Wildman–Crippen MR) is 55.2 cm³/mol. The average Bonchev–Trinajstić information content (AvgIpc) is 2.28. The van der Waals surface area contributed by atoms with Gasteiger partial charge in [-0.3, -0.25) is 0 Å². The molecule has 0 amide bonds. The van der Waals surface area contributed by atoms with Crippen LogP contribution in [-0.2, 0) is 9.47 Å². The molecule has 0 aromatic rings. The van der Waals surface area contributed by atoms with Crippen molar-refractivity contribution < 1.29 is 9.47 Å². The average molecular weight is 201 g/mol. The van der Waals surface area contributed by atoms with Gasteiger partial charge in [0.25, 0.3) is 0 Å². The Labute approximate surface area is 85.0 Å². The van der Waals surface area contributed by atoms with Crippen LogP contribution in [0.5, 0.6) is 0 Å². The monoisotopic (exact) mass is 201 g/mol. The van der Waals surface area contributed by atoms with Gasteiger partial charge < -0.3 is 9.47 Å². The number of hydrogen-bond acceptors (Lipinski definition) is 3. The lowest BCUT2D eigenvalue weighted by Gasteiger charge is -2.09. The second-order valence-corrected chi connectivity index (χ2v) is 2.89. The van der Waals surface area contributed by atoms with Crippen LogP contribution in [0.3, 0.4) is 0 Å². The van der Waals surface area contributed by atoms with E-state index in [4.69, 9.17) is 15.0 Å². The molecule has 0 radical (unpaired) electrons. The molecule has 1 saturated heterocycles. The summed E-state index contributed by atoms with van der Waals surface area (Å²) in [6.45, 7) is 5.89. The maximum Gasteiger partial charge on any atom is 0.0701 e. The summed E-state index contributed by atoms with van der Waals surface area (Å²) in [6, 6.07) is 0. The molecule has 5 nitrogen and oxygen atoms in total. The zero-order chi connectivity index (χ0) is 10.5. The molecule has 0 saturated carbocycles. The zero-order valence-corrected chi connectivity index (χ0v) is 8.81. The second-order valence-electron chi connectivity index (χ2n) is 2.89. The number of azide groups is 1. The Hall–Kier alpha value is -0.770. The van der Waals surface area contributed by atoms with Crippen LogP contribution in [0.2, 0.25) is 0 Å². The minimum atomic E-state index is 0.657. The Balaban J connectivity index is 0.000000249. The lowest BCUT2D eigenvalue weighted by atomic mass is 10.3. The number of hydrogen-bond donors (Lipinski definition) is 0. The summed E-state index contributed by atoms with van der Waals surface area (Å²) in [5.74, 6) is 0. The van der Waals surface area contributed by atoms with Crippen molar-refractivity contribution in [2.24, 2.45) is 5.11 Å². The molecule has 14 heavy (non-hydrogen) atoms. The quantitative estimate of drug-likeness (QED) is 0.303. The van der Waals surface area contributed by atoms with Crippen molar-refractivity contribution in [3.63, 3.8) is 0 Å². The van der Waals surface area contributed by atoms with Crippen LogP contribution < -0.4 is 0 Å². The molecule has 1 aliphatic heterocycles. The van der Waals surface area contributed by atoms with Crippen molar-refractivity contribution >= 4 is 0 Å². The van der Waals surface area contributed by atoms with Gasteiger partial charge in [0, 0.05) is 11.5 Å². The van der Waals surface area contributed by atoms with E-state index in [-0.39, 0.29) is 0 Å². The fraction of sp³-hybridized carbons (Fsp3) is 1.00. The Morgan fingerprint density at radius 3 is 2.07 bits per heavy atom. The Morgan fingerprint density at radius 1 is 1.14 bits per heavy atom. The summed E-state index contributed by atoms with van der Waals surface area (Å²) in [7, 11) is 0. The van der Waals surface area contributed by atoms with Crippen LogP contribution in [-0.4, -0.2) is 33.0 Å². The van der Waals surface area contributed by atoms with E-state index in [0.717, 1.165) is 32.8 Å². The number of unbranched alkanes of at least 4 members (excludes halogenated alkanes) is 2. The van der Waals surface area contributed by atoms with Gasteiger partial charge in [-0.2, -0.15) is 0 Å². The molecule has 0 unspecified atom stereocenters. The van der Waals surface area contributed by atoms with Crippen LogP contribution in [0.4, 0.5) is 0 Å². The highest BCUT2D eigenvalue weighted by Gasteiger charge is 1.94. The van der Waals surface area contributed by atoms with Gasteiger partial charge in [0.15, 0.2) is 0 Å². The fourth-order valence-corrected chi connectivity index (χ4v) is 0.917. The van der Waals surface area contributed by atoms with Crippen molar-refractivity contribution in [1.29, 1.82) is 0 Å². The summed E-state index contributed by atoms with van der Waals surface area (Å²) in [5.41, 5.74) is 7.82. The smallest absolute Gasteiger partial charge is 0.0701 e. The SMILES string of the molecule is C1COCCO1.CCCCCN=[N+]=[N-]. The first-order valence-corrected chi connectivity index (χ1v) is 5.08. The third-order valence-electron chi connectivity index (χ3n) is 1.67. The minimum absolute atomic E-state index is 0.657. The Kier molecular flexibility index (Phi) is 11.6. The molecule has 0 aliphatic carbocycles. The summed E-state index contributed by atoms with van der Waals surface area (Å²) in [5, 5.41) is 3.39. The third kappa shape index (κ3) is 11.2. The van der Waals surface area contributed by atoms with Gasteiger partial charge in [0.05, 0.1) is 26.4 Å². The van der Waals surface area contributed by atoms with Crippen LogP contribution in [0.1, 0.15) is 26.2 Å². The van der Waals surface area contributed by atoms with E-state index in [1.807, 2.05) is 0 Å². The highest BCUT2D eigenvalue weighted by molar-refractivity contribution is 4.45. The summed E-state index contributed by atoms with van der Waals surface area (Å²) < 4.78 is 9.89. The summed E-state index contributed by atoms with van der Waals surface area (Å²) in [4.78, 5) is 2.63. The van der Waals surface area contributed by atoms with Crippen LogP contribution in [0, 0.1) is 0 Å². The Bertz CT molecular complexity index is 143. The van der Waals surface area contributed by atoms with Crippen molar-refractivity contribution in [1.82, 2.24) is 0 Å². The third-order valence-corrected chi connectivity index (χ3v) is 1.67. The first-order chi connectivity index (χ1) is 6.91. The van der Waals surface area contributed by atoms with Gasteiger partial charge in [-0.1, -0.05) is 24.9 Å². The number of nitrogens with zero attached hydrogens (tertiary/aromatic N) is 3. The molecular weight excluding hydrogens is 182 g/mol. The van der Waals surface area contributed by atoms with E-state index in [0.29, 0.717) is 6.54 Å². The normalized spacial score (nSPS) is 14.9. The van der Waals surface area contributed by atoms with Crippen molar-refractivity contribution in [3.8, 4) is 0 Å². The molecule has 0 N–H and O–H groups in total. The molecule has 1 heterocycles. The van der Waals surface area contributed by atoms with Gasteiger partial charge >= 0.3 is 0 Å². The molecule has 1 fully saturated rings. The van der Waals surface area contributed by atoms with E-state index >= 15 is 0 Å². The maximum absolute atomic E-state index is 7.82. The lowest BCUT2D eigenvalue weighted by Crippen LogP contribution is -2.16. The molecule has 1 aliphatic rings. The van der Waals surface area contributed by atoms with Crippen LogP contribution in [0.25, 0.3) is 10.4 Å².